The summed E-state index contributed by atoms with van der Waals surface area (Å²) in [6.45, 7) is 8.77. The van der Waals surface area contributed by atoms with Gasteiger partial charge in [0.1, 0.15) is 18.5 Å². The third-order valence-electron chi connectivity index (χ3n) is 4.65. The van der Waals surface area contributed by atoms with E-state index in [9.17, 15) is 5.11 Å². The summed E-state index contributed by atoms with van der Waals surface area (Å²) in [6, 6.07) is 14.1. The lowest BCUT2D eigenvalue weighted by Gasteiger charge is -2.36. The maximum absolute atomic E-state index is 10.3. The zero-order chi connectivity index (χ0) is 18.5. The molecule has 1 aliphatic rings. The first-order valence-electron chi connectivity index (χ1n) is 9.11. The molecule has 1 fully saturated rings. The van der Waals surface area contributed by atoms with Gasteiger partial charge >= 0.3 is 0 Å². The standard InChI is InChI=1S/C21H27ClN2O2/c1-16-10-17(2)12-21(11-16)26-15-20(25)14-23-6-8-24(9-7-23)19-5-3-4-18(22)13-19/h3-5,10-13,20,25H,6-9,14-15H2,1-2H3/t20-/m0/s1. The van der Waals surface area contributed by atoms with Crippen LogP contribution in [0, 0.1) is 13.8 Å². The highest BCUT2D eigenvalue weighted by atomic mass is 35.5. The average Bonchev–Trinajstić information content (AvgIpc) is 2.60. The molecular formula is C21H27ClN2O2. The molecule has 3 rings (SSSR count). The molecule has 0 unspecified atom stereocenters. The highest BCUT2D eigenvalue weighted by molar-refractivity contribution is 6.30. The van der Waals surface area contributed by atoms with Gasteiger partial charge in [-0.05, 0) is 55.3 Å². The van der Waals surface area contributed by atoms with Crippen molar-refractivity contribution in [1.29, 1.82) is 0 Å². The van der Waals surface area contributed by atoms with Crippen LogP contribution in [0.3, 0.4) is 0 Å². The van der Waals surface area contributed by atoms with Crippen molar-refractivity contribution < 1.29 is 9.84 Å². The zero-order valence-corrected chi connectivity index (χ0v) is 16.2. The molecule has 0 radical (unpaired) electrons. The molecule has 0 aromatic heterocycles. The summed E-state index contributed by atoms with van der Waals surface area (Å²) in [4.78, 5) is 4.62. The Kier molecular flexibility index (Phi) is 6.41. The Morgan fingerprint density at radius 1 is 1.04 bits per heavy atom. The Hall–Kier alpha value is -1.75. The number of rotatable bonds is 6. The average molecular weight is 375 g/mol. The Balaban J connectivity index is 1.44. The Labute approximate surface area is 160 Å². The summed E-state index contributed by atoms with van der Waals surface area (Å²) in [5, 5.41) is 11.1. The van der Waals surface area contributed by atoms with Crippen LogP contribution in [0.15, 0.2) is 42.5 Å². The number of ether oxygens (including phenoxy) is 1. The molecule has 0 spiro atoms. The van der Waals surface area contributed by atoms with E-state index in [1.807, 2.05) is 30.3 Å². The fourth-order valence-corrected chi connectivity index (χ4v) is 3.61. The molecule has 26 heavy (non-hydrogen) atoms. The van der Waals surface area contributed by atoms with Crippen molar-refractivity contribution in [2.24, 2.45) is 0 Å². The second kappa shape index (κ2) is 8.76. The van der Waals surface area contributed by atoms with Gasteiger partial charge < -0.3 is 14.7 Å². The molecule has 2 aromatic rings. The predicted molar refractivity (Wildman–Crippen MR) is 108 cm³/mol. The van der Waals surface area contributed by atoms with Gasteiger partial charge in [0.05, 0.1) is 0 Å². The minimum atomic E-state index is -0.492. The van der Waals surface area contributed by atoms with Crippen LogP contribution in [-0.2, 0) is 0 Å². The lowest BCUT2D eigenvalue weighted by atomic mass is 10.1. The van der Waals surface area contributed by atoms with Crippen molar-refractivity contribution in [3.8, 4) is 5.75 Å². The number of benzene rings is 2. The quantitative estimate of drug-likeness (QED) is 0.839. The van der Waals surface area contributed by atoms with Crippen molar-refractivity contribution in [1.82, 2.24) is 4.90 Å². The molecular weight excluding hydrogens is 348 g/mol. The van der Waals surface area contributed by atoms with Crippen LogP contribution in [-0.4, -0.2) is 55.4 Å². The van der Waals surface area contributed by atoms with Crippen molar-refractivity contribution in [2.75, 3.05) is 44.2 Å². The number of anilines is 1. The summed E-state index contributed by atoms with van der Waals surface area (Å²) < 4.78 is 5.77. The number of hydrogen-bond acceptors (Lipinski definition) is 4. The summed E-state index contributed by atoms with van der Waals surface area (Å²) in [5.41, 5.74) is 3.51. The van der Waals surface area contributed by atoms with E-state index in [0.29, 0.717) is 13.2 Å². The van der Waals surface area contributed by atoms with Gasteiger partial charge in [-0.3, -0.25) is 4.90 Å². The van der Waals surface area contributed by atoms with Gasteiger partial charge in [-0.25, -0.2) is 0 Å². The molecule has 140 valence electrons. The summed E-state index contributed by atoms with van der Waals surface area (Å²) in [5.74, 6) is 0.826. The number of aliphatic hydroxyl groups is 1. The molecule has 1 heterocycles. The lowest BCUT2D eigenvalue weighted by molar-refractivity contribution is 0.0663. The van der Waals surface area contributed by atoms with E-state index in [4.69, 9.17) is 16.3 Å². The first kappa shape index (κ1) is 19.0. The second-order valence-electron chi connectivity index (χ2n) is 7.06. The molecule has 1 atom stereocenters. The fourth-order valence-electron chi connectivity index (χ4n) is 3.42. The smallest absolute Gasteiger partial charge is 0.119 e. The van der Waals surface area contributed by atoms with Gasteiger partial charge in [-0.2, -0.15) is 0 Å². The van der Waals surface area contributed by atoms with E-state index in [-0.39, 0.29) is 0 Å². The largest absolute Gasteiger partial charge is 0.491 e. The maximum atomic E-state index is 10.3. The lowest BCUT2D eigenvalue weighted by Crippen LogP contribution is -2.49. The number of aliphatic hydroxyl groups excluding tert-OH is 1. The third kappa shape index (κ3) is 5.37. The monoisotopic (exact) mass is 374 g/mol. The van der Waals surface area contributed by atoms with Gasteiger partial charge in [0.15, 0.2) is 0 Å². The minimum Gasteiger partial charge on any atom is -0.491 e. The molecule has 5 heteroatoms. The van der Waals surface area contributed by atoms with Crippen LogP contribution in [0.25, 0.3) is 0 Å². The van der Waals surface area contributed by atoms with Crippen LogP contribution in [0.4, 0.5) is 5.69 Å². The SMILES string of the molecule is Cc1cc(C)cc(OC[C@@H](O)CN2CCN(c3cccc(Cl)c3)CC2)c1. The minimum absolute atomic E-state index is 0.317. The van der Waals surface area contributed by atoms with Crippen molar-refractivity contribution in [2.45, 2.75) is 20.0 Å². The van der Waals surface area contributed by atoms with Crippen LogP contribution in [0.5, 0.6) is 5.75 Å². The summed E-state index contributed by atoms with van der Waals surface area (Å²) in [6.07, 6.45) is -0.492. The number of halogens is 1. The van der Waals surface area contributed by atoms with E-state index in [2.05, 4.69) is 35.8 Å². The number of hydrogen-bond donors (Lipinski definition) is 1. The molecule has 1 N–H and O–H groups in total. The summed E-state index contributed by atoms with van der Waals surface area (Å²) in [7, 11) is 0. The van der Waals surface area contributed by atoms with Crippen molar-refractivity contribution in [3.63, 3.8) is 0 Å². The maximum Gasteiger partial charge on any atom is 0.119 e. The first-order chi connectivity index (χ1) is 12.5. The van der Waals surface area contributed by atoms with Gasteiger partial charge in [-0.15, -0.1) is 0 Å². The van der Waals surface area contributed by atoms with Gasteiger partial charge in [-0.1, -0.05) is 23.7 Å². The van der Waals surface area contributed by atoms with Crippen LogP contribution >= 0.6 is 11.6 Å². The van der Waals surface area contributed by atoms with Crippen molar-refractivity contribution >= 4 is 17.3 Å². The second-order valence-corrected chi connectivity index (χ2v) is 7.49. The molecule has 0 saturated carbocycles. The number of nitrogens with zero attached hydrogens (tertiary/aromatic N) is 2. The molecule has 0 amide bonds. The normalized spacial score (nSPS) is 16.5. The number of piperazine rings is 1. The zero-order valence-electron chi connectivity index (χ0n) is 15.5. The van der Waals surface area contributed by atoms with Gasteiger partial charge in [0.2, 0.25) is 0 Å². The highest BCUT2D eigenvalue weighted by Gasteiger charge is 2.20. The Morgan fingerprint density at radius 2 is 1.73 bits per heavy atom. The van der Waals surface area contributed by atoms with E-state index in [0.717, 1.165) is 42.6 Å². The first-order valence-corrected chi connectivity index (χ1v) is 9.49. The topological polar surface area (TPSA) is 35.9 Å². The molecule has 2 aromatic carbocycles. The number of β-amino-alcohol motifs (C(OH)–C–C–N with tert-alkyl or cyclic N) is 1. The Morgan fingerprint density at radius 3 is 2.38 bits per heavy atom. The van der Waals surface area contributed by atoms with Gasteiger partial charge in [0.25, 0.3) is 0 Å². The molecule has 0 bridgehead atoms. The molecule has 0 aliphatic carbocycles. The van der Waals surface area contributed by atoms with Crippen molar-refractivity contribution in [3.05, 3.63) is 58.6 Å². The molecule has 4 nitrogen and oxygen atoms in total. The summed E-state index contributed by atoms with van der Waals surface area (Å²) >= 11 is 6.08. The number of aryl methyl sites for hydroxylation is 2. The van der Waals surface area contributed by atoms with E-state index < -0.39 is 6.10 Å². The molecule has 1 aliphatic heterocycles. The highest BCUT2D eigenvalue weighted by Crippen LogP contribution is 2.21. The fraction of sp³-hybridized carbons (Fsp3) is 0.429. The van der Waals surface area contributed by atoms with Crippen LogP contribution in [0.2, 0.25) is 5.02 Å². The van der Waals surface area contributed by atoms with Crippen LogP contribution in [0.1, 0.15) is 11.1 Å². The third-order valence-corrected chi connectivity index (χ3v) is 4.89. The van der Waals surface area contributed by atoms with E-state index >= 15 is 0 Å². The van der Waals surface area contributed by atoms with E-state index in [1.165, 1.54) is 11.1 Å². The molecule has 1 saturated heterocycles. The van der Waals surface area contributed by atoms with Crippen LogP contribution < -0.4 is 9.64 Å². The Bertz CT molecular complexity index is 709. The van der Waals surface area contributed by atoms with Gasteiger partial charge in [0, 0.05) is 43.4 Å². The predicted octanol–water partition coefficient (Wildman–Crippen LogP) is 3.52. The van der Waals surface area contributed by atoms with E-state index in [1.54, 1.807) is 0 Å².